The van der Waals surface area contributed by atoms with Crippen LogP contribution in [0.25, 0.3) is 0 Å². The standard InChI is InChI=1S/C13H27NO/c1-5-14-10-13(15)9-7-6-8-11(13)12(2,3)4/h11,14-15H,5-10H2,1-4H3. The zero-order valence-corrected chi connectivity index (χ0v) is 10.8. The molecule has 0 aromatic carbocycles. The zero-order valence-electron chi connectivity index (χ0n) is 10.8. The molecule has 90 valence electrons. The van der Waals surface area contributed by atoms with Gasteiger partial charge in [0.05, 0.1) is 5.60 Å². The van der Waals surface area contributed by atoms with Crippen molar-refractivity contribution in [3.63, 3.8) is 0 Å². The lowest BCUT2D eigenvalue weighted by atomic mass is 9.64. The van der Waals surface area contributed by atoms with Crippen LogP contribution in [-0.4, -0.2) is 23.8 Å². The molecule has 2 atom stereocenters. The third kappa shape index (κ3) is 3.18. The number of rotatable bonds is 3. The van der Waals surface area contributed by atoms with Gasteiger partial charge in [-0.3, -0.25) is 0 Å². The second kappa shape index (κ2) is 4.84. The van der Waals surface area contributed by atoms with Gasteiger partial charge < -0.3 is 10.4 Å². The summed E-state index contributed by atoms with van der Waals surface area (Å²) in [4.78, 5) is 0. The maximum Gasteiger partial charge on any atom is 0.0804 e. The summed E-state index contributed by atoms with van der Waals surface area (Å²) < 4.78 is 0. The Morgan fingerprint density at radius 1 is 1.33 bits per heavy atom. The highest BCUT2D eigenvalue weighted by Gasteiger charge is 2.44. The van der Waals surface area contributed by atoms with Gasteiger partial charge in [0, 0.05) is 6.54 Å². The van der Waals surface area contributed by atoms with Crippen LogP contribution in [0.3, 0.4) is 0 Å². The fourth-order valence-corrected chi connectivity index (χ4v) is 3.01. The number of nitrogens with one attached hydrogen (secondary N) is 1. The first-order valence-electron chi connectivity index (χ1n) is 6.33. The molecule has 0 radical (unpaired) electrons. The Morgan fingerprint density at radius 2 is 2.00 bits per heavy atom. The molecule has 0 aliphatic heterocycles. The molecule has 1 rings (SSSR count). The molecule has 2 N–H and O–H groups in total. The predicted octanol–water partition coefficient (Wildman–Crippen LogP) is 2.56. The highest BCUT2D eigenvalue weighted by Crippen LogP contribution is 2.43. The lowest BCUT2D eigenvalue weighted by molar-refractivity contribution is -0.0871. The molecule has 0 bridgehead atoms. The van der Waals surface area contributed by atoms with E-state index in [1.54, 1.807) is 0 Å². The monoisotopic (exact) mass is 213 g/mol. The SMILES string of the molecule is CCNCC1(O)CCCCC1C(C)(C)C. The molecule has 1 saturated carbocycles. The second-order valence-electron chi connectivity index (χ2n) is 6.05. The van der Waals surface area contributed by atoms with Crippen molar-refractivity contribution in [2.75, 3.05) is 13.1 Å². The lowest BCUT2D eigenvalue weighted by Crippen LogP contribution is -2.53. The van der Waals surface area contributed by atoms with Gasteiger partial charge in [-0.1, -0.05) is 40.5 Å². The van der Waals surface area contributed by atoms with E-state index in [1.165, 1.54) is 19.3 Å². The molecular formula is C13H27NO. The minimum absolute atomic E-state index is 0.213. The quantitative estimate of drug-likeness (QED) is 0.755. The van der Waals surface area contributed by atoms with Crippen LogP contribution >= 0.6 is 0 Å². The minimum Gasteiger partial charge on any atom is -0.388 e. The van der Waals surface area contributed by atoms with Crippen molar-refractivity contribution in [2.45, 2.75) is 59.0 Å². The average Bonchev–Trinajstić information content (AvgIpc) is 2.14. The Balaban J connectivity index is 2.72. The van der Waals surface area contributed by atoms with E-state index in [0.29, 0.717) is 5.92 Å². The lowest BCUT2D eigenvalue weighted by Gasteiger charge is -2.47. The van der Waals surface area contributed by atoms with Gasteiger partial charge in [-0.05, 0) is 30.7 Å². The Morgan fingerprint density at radius 3 is 2.53 bits per heavy atom. The van der Waals surface area contributed by atoms with Crippen molar-refractivity contribution >= 4 is 0 Å². The van der Waals surface area contributed by atoms with Crippen LogP contribution < -0.4 is 5.32 Å². The van der Waals surface area contributed by atoms with Gasteiger partial charge in [-0.15, -0.1) is 0 Å². The summed E-state index contributed by atoms with van der Waals surface area (Å²) in [5.74, 6) is 0.429. The maximum absolute atomic E-state index is 10.7. The van der Waals surface area contributed by atoms with Crippen molar-refractivity contribution in [1.82, 2.24) is 5.32 Å². The first kappa shape index (κ1) is 13.0. The Labute approximate surface area is 94.5 Å². The average molecular weight is 213 g/mol. The predicted molar refractivity (Wildman–Crippen MR) is 64.9 cm³/mol. The summed E-state index contributed by atoms with van der Waals surface area (Å²) in [6.45, 7) is 10.5. The molecule has 2 nitrogen and oxygen atoms in total. The molecule has 0 saturated heterocycles. The molecule has 2 unspecified atom stereocenters. The minimum atomic E-state index is -0.480. The molecule has 15 heavy (non-hydrogen) atoms. The third-order valence-corrected chi connectivity index (χ3v) is 3.73. The fraction of sp³-hybridized carbons (Fsp3) is 1.00. The van der Waals surface area contributed by atoms with Gasteiger partial charge in [0.2, 0.25) is 0 Å². The van der Waals surface area contributed by atoms with Crippen molar-refractivity contribution in [3.8, 4) is 0 Å². The van der Waals surface area contributed by atoms with E-state index in [4.69, 9.17) is 0 Å². The number of aliphatic hydroxyl groups is 1. The molecule has 0 aromatic heterocycles. The van der Waals surface area contributed by atoms with Gasteiger partial charge >= 0.3 is 0 Å². The van der Waals surface area contributed by atoms with Crippen LogP contribution in [0.2, 0.25) is 0 Å². The molecule has 0 aromatic rings. The van der Waals surface area contributed by atoms with Crippen molar-refractivity contribution in [2.24, 2.45) is 11.3 Å². The van der Waals surface area contributed by atoms with Gasteiger partial charge in [0.25, 0.3) is 0 Å². The molecule has 0 spiro atoms. The van der Waals surface area contributed by atoms with Crippen LogP contribution in [0.5, 0.6) is 0 Å². The largest absolute Gasteiger partial charge is 0.388 e. The van der Waals surface area contributed by atoms with Crippen LogP contribution in [0.4, 0.5) is 0 Å². The van der Waals surface area contributed by atoms with Gasteiger partial charge in [-0.2, -0.15) is 0 Å². The fourth-order valence-electron chi connectivity index (χ4n) is 3.01. The van der Waals surface area contributed by atoms with E-state index in [9.17, 15) is 5.11 Å². The summed E-state index contributed by atoms with van der Waals surface area (Å²) in [6, 6.07) is 0. The normalized spacial score (nSPS) is 33.0. The van der Waals surface area contributed by atoms with E-state index in [-0.39, 0.29) is 5.41 Å². The topological polar surface area (TPSA) is 32.3 Å². The summed E-state index contributed by atoms with van der Waals surface area (Å²) in [6.07, 6.45) is 4.58. The van der Waals surface area contributed by atoms with Gasteiger partial charge in [0.1, 0.15) is 0 Å². The van der Waals surface area contributed by atoms with E-state index < -0.39 is 5.60 Å². The Hall–Kier alpha value is -0.0800. The molecule has 1 fully saturated rings. The van der Waals surface area contributed by atoms with Crippen LogP contribution in [0.15, 0.2) is 0 Å². The van der Waals surface area contributed by atoms with Crippen LogP contribution in [0, 0.1) is 11.3 Å². The summed E-state index contributed by atoms with van der Waals surface area (Å²) in [7, 11) is 0. The van der Waals surface area contributed by atoms with E-state index in [2.05, 4.69) is 33.0 Å². The molecule has 1 aliphatic carbocycles. The van der Waals surface area contributed by atoms with E-state index in [0.717, 1.165) is 19.5 Å². The zero-order chi connectivity index (χ0) is 11.5. The van der Waals surface area contributed by atoms with E-state index in [1.807, 2.05) is 0 Å². The number of hydrogen-bond acceptors (Lipinski definition) is 2. The van der Waals surface area contributed by atoms with Gasteiger partial charge in [0.15, 0.2) is 0 Å². The van der Waals surface area contributed by atoms with Gasteiger partial charge in [-0.25, -0.2) is 0 Å². The highest BCUT2D eigenvalue weighted by atomic mass is 16.3. The number of likely N-dealkylation sites (N-methyl/N-ethyl adjacent to an activating group) is 1. The van der Waals surface area contributed by atoms with Crippen molar-refractivity contribution < 1.29 is 5.11 Å². The maximum atomic E-state index is 10.7. The molecule has 2 heteroatoms. The van der Waals surface area contributed by atoms with Crippen LogP contribution in [-0.2, 0) is 0 Å². The second-order valence-corrected chi connectivity index (χ2v) is 6.05. The summed E-state index contributed by atoms with van der Waals surface area (Å²) in [5.41, 5.74) is -0.267. The molecule has 1 aliphatic rings. The van der Waals surface area contributed by atoms with E-state index >= 15 is 0 Å². The third-order valence-electron chi connectivity index (χ3n) is 3.73. The summed E-state index contributed by atoms with van der Waals surface area (Å²) >= 11 is 0. The first-order valence-corrected chi connectivity index (χ1v) is 6.33. The van der Waals surface area contributed by atoms with Crippen LogP contribution in [0.1, 0.15) is 53.4 Å². The first-order chi connectivity index (χ1) is 6.90. The smallest absolute Gasteiger partial charge is 0.0804 e. The Bertz CT molecular complexity index is 197. The van der Waals surface area contributed by atoms with Crippen molar-refractivity contribution in [1.29, 1.82) is 0 Å². The molecule has 0 amide bonds. The molecule has 0 heterocycles. The Kier molecular flexibility index (Phi) is 4.19. The number of hydrogen-bond donors (Lipinski definition) is 2. The van der Waals surface area contributed by atoms with Crippen molar-refractivity contribution in [3.05, 3.63) is 0 Å². The highest BCUT2D eigenvalue weighted by molar-refractivity contribution is 4.96. The summed E-state index contributed by atoms with van der Waals surface area (Å²) in [5, 5.41) is 14.0. The molecular weight excluding hydrogens is 186 g/mol.